The van der Waals surface area contributed by atoms with Crippen molar-refractivity contribution in [1.29, 1.82) is 0 Å². The van der Waals surface area contributed by atoms with Crippen molar-refractivity contribution < 1.29 is 9.53 Å². The van der Waals surface area contributed by atoms with Gasteiger partial charge in [0.1, 0.15) is 6.10 Å². The monoisotopic (exact) mass is 196 g/mol. The van der Waals surface area contributed by atoms with Crippen molar-refractivity contribution in [3.8, 4) is 0 Å². The zero-order chi connectivity index (χ0) is 10.5. The lowest BCUT2D eigenvalue weighted by molar-refractivity contribution is -0.148. The number of hydrogen-bond donors (Lipinski definition) is 0. The Labute approximate surface area is 86.0 Å². The zero-order valence-electron chi connectivity index (χ0n) is 9.54. The molecule has 4 unspecified atom stereocenters. The van der Waals surface area contributed by atoms with Crippen LogP contribution in [0.5, 0.6) is 0 Å². The van der Waals surface area contributed by atoms with Gasteiger partial charge in [0.2, 0.25) is 0 Å². The second-order valence-corrected chi connectivity index (χ2v) is 5.41. The van der Waals surface area contributed by atoms with Crippen LogP contribution in [0, 0.1) is 23.2 Å². The van der Waals surface area contributed by atoms with E-state index in [-0.39, 0.29) is 12.1 Å². The third-order valence-electron chi connectivity index (χ3n) is 4.45. The summed E-state index contributed by atoms with van der Waals surface area (Å²) in [5.41, 5.74) is 0.513. The lowest BCUT2D eigenvalue weighted by Gasteiger charge is -2.21. The minimum atomic E-state index is -0.123. The lowest BCUT2D eigenvalue weighted by atomic mass is 9.89. The van der Waals surface area contributed by atoms with E-state index in [9.17, 15) is 4.79 Å². The third kappa shape index (κ3) is 1.27. The molecule has 0 heterocycles. The molecule has 80 valence electrons. The molecule has 2 heteroatoms. The van der Waals surface area contributed by atoms with E-state index in [0.29, 0.717) is 11.3 Å². The molecule has 0 radical (unpaired) electrons. The summed E-state index contributed by atoms with van der Waals surface area (Å²) in [4.78, 5) is 10.9. The molecule has 0 aromatic carbocycles. The zero-order valence-corrected chi connectivity index (χ0v) is 9.54. The Morgan fingerprint density at radius 3 is 2.50 bits per heavy atom. The molecule has 0 aromatic rings. The van der Waals surface area contributed by atoms with Crippen LogP contribution in [0.4, 0.5) is 0 Å². The van der Waals surface area contributed by atoms with Gasteiger partial charge in [-0.3, -0.25) is 4.79 Å². The molecule has 14 heavy (non-hydrogen) atoms. The summed E-state index contributed by atoms with van der Waals surface area (Å²) in [6, 6.07) is 0. The van der Waals surface area contributed by atoms with Gasteiger partial charge in [-0.25, -0.2) is 0 Å². The van der Waals surface area contributed by atoms with Gasteiger partial charge in [-0.05, 0) is 36.0 Å². The number of esters is 1. The average Bonchev–Trinajstić information content (AvgIpc) is 2.71. The minimum Gasteiger partial charge on any atom is -0.462 e. The Bertz CT molecular complexity index is 259. The summed E-state index contributed by atoms with van der Waals surface area (Å²) in [7, 11) is 0. The number of ether oxygens (including phenoxy) is 1. The van der Waals surface area contributed by atoms with Crippen LogP contribution in [0.25, 0.3) is 0 Å². The third-order valence-corrected chi connectivity index (χ3v) is 4.45. The maximum absolute atomic E-state index is 10.9. The number of fused-ring (bicyclic) bond motifs is 1. The topological polar surface area (TPSA) is 26.3 Å². The molecule has 0 amide bonds. The Balaban J connectivity index is 2.03. The van der Waals surface area contributed by atoms with E-state index >= 15 is 0 Å². The largest absolute Gasteiger partial charge is 0.462 e. The van der Waals surface area contributed by atoms with E-state index in [0.717, 1.165) is 18.3 Å². The van der Waals surface area contributed by atoms with Crippen LogP contribution >= 0.6 is 0 Å². The van der Waals surface area contributed by atoms with Crippen molar-refractivity contribution >= 4 is 5.97 Å². The molecular formula is C12H20O2. The molecule has 2 aliphatic rings. The number of carbonyl (C=O) groups is 1. The van der Waals surface area contributed by atoms with Gasteiger partial charge in [0.15, 0.2) is 0 Å². The van der Waals surface area contributed by atoms with E-state index in [1.54, 1.807) is 0 Å². The Morgan fingerprint density at radius 1 is 1.43 bits per heavy atom. The molecule has 0 bridgehead atoms. The van der Waals surface area contributed by atoms with Gasteiger partial charge in [-0.2, -0.15) is 0 Å². The lowest BCUT2D eigenvalue weighted by Crippen LogP contribution is -2.22. The quantitative estimate of drug-likeness (QED) is 0.635. The normalized spacial score (nSPS) is 45.1. The van der Waals surface area contributed by atoms with Crippen molar-refractivity contribution in [2.75, 3.05) is 0 Å². The fourth-order valence-corrected chi connectivity index (χ4v) is 3.38. The molecule has 0 aromatic heterocycles. The standard InChI is InChI=1S/C12H20O2/c1-7(2)12-5-10(12)8(3)11(6-12)14-9(4)13/h7-8,10-11H,5-6H2,1-4H3. The van der Waals surface area contributed by atoms with E-state index in [1.165, 1.54) is 13.3 Å². The van der Waals surface area contributed by atoms with Crippen molar-refractivity contribution in [2.45, 2.75) is 46.6 Å². The highest BCUT2D eigenvalue weighted by Crippen LogP contribution is 2.69. The number of carbonyl (C=O) groups excluding carboxylic acids is 1. The molecule has 0 aliphatic heterocycles. The summed E-state index contributed by atoms with van der Waals surface area (Å²) in [6.45, 7) is 8.33. The first-order chi connectivity index (χ1) is 6.47. The first-order valence-corrected chi connectivity index (χ1v) is 5.64. The molecule has 2 rings (SSSR count). The maximum atomic E-state index is 10.9. The molecule has 0 spiro atoms. The number of hydrogen-bond acceptors (Lipinski definition) is 2. The Hall–Kier alpha value is -0.530. The van der Waals surface area contributed by atoms with Gasteiger partial charge in [-0.15, -0.1) is 0 Å². The van der Waals surface area contributed by atoms with Crippen LogP contribution in [0.2, 0.25) is 0 Å². The molecule has 2 fully saturated rings. The van der Waals surface area contributed by atoms with E-state index in [2.05, 4.69) is 20.8 Å². The molecule has 2 saturated carbocycles. The summed E-state index contributed by atoms with van der Waals surface area (Å²) in [5, 5.41) is 0. The van der Waals surface area contributed by atoms with Crippen molar-refractivity contribution in [1.82, 2.24) is 0 Å². The predicted octanol–water partition coefficient (Wildman–Crippen LogP) is 2.62. The molecule has 2 nitrogen and oxygen atoms in total. The van der Waals surface area contributed by atoms with Crippen LogP contribution in [0.15, 0.2) is 0 Å². The molecule has 0 N–H and O–H groups in total. The van der Waals surface area contributed by atoms with Crippen LogP contribution in [0.3, 0.4) is 0 Å². The van der Waals surface area contributed by atoms with E-state index < -0.39 is 0 Å². The molecule has 2 aliphatic carbocycles. The maximum Gasteiger partial charge on any atom is 0.302 e. The summed E-state index contributed by atoms with van der Waals surface area (Å²) in [5.74, 6) is 1.99. The smallest absolute Gasteiger partial charge is 0.302 e. The van der Waals surface area contributed by atoms with Crippen molar-refractivity contribution in [3.05, 3.63) is 0 Å². The second kappa shape index (κ2) is 2.98. The van der Waals surface area contributed by atoms with E-state index in [1.807, 2.05) is 0 Å². The van der Waals surface area contributed by atoms with Gasteiger partial charge in [0.05, 0.1) is 0 Å². The van der Waals surface area contributed by atoms with Gasteiger partial charge in [0, 0.05) is 6.92 Å². The summed E-state index contributed by atoms with van der Waals surface area (Å²) < 4.78 is 5.36. The first kappa shape index (κ1) is 10.0. The average molecular weight is 196 g/mol. The van der Waals surface area contributed by atoms with Gasteiger partial charge in [-0.1, -0.05) is 20.8 Å². The van der Waals surface area contributed by atoms with Crippen LogP contribution in [-0.4, -0.2) is 12.1 Å². The molecular weight excluding hydrogens is 176 g/mol. The fourth-order valence-electron chi connectivity index (χ4n) is 3.38. The first-order valence-electron chi connectivity index (χ1n) is 5.64. The number of rotatable bonds is 2. The minimum absolute atomic E-state index is 0.123. The molecule has 0 saturated heterocycles. The van der Waals surface area contributed by atoms with E-state index in [4.69, 9.17) is 4.74 Å². The SMILES string of the molecule is CC(=O)OC1CC2(C(C)C)CC2C1C. The molecule has 4 atom stereocenters. The Morgan fingerprint density at radius 2 is 2.07 bits per heavy atom. The summed E-state index contributed by atoms with van der Waals surface area (Å²) in [6.07, 6.45) is 2.63. The second-order valence-electron chi connectivity index (χ2n) is 5.41. The highest BCUT2D eigenvalue weighted by Gasteiger charge is 2.65. The predicted molar refractivity (Wildman–Crippen MR) is 54.7 cm³/mol. The summed E-state index contributed by atoms with van der Waals surface area (Å²) >= 11 is 0. The van der Waals surface area contributed by atoms with Crippen LogP contribution in [0.1, 0.15) is 40.5 Å². The van der Waals surface area contributed by atoms with Crippen molar-refractivity contribution in [3.63, 3.8) is 0 Å². The van der Waals surface area contributed by atoms with Crippen LogP contribution < -0.4 is 0 Å². The Kier molecular flexibility index (Phi) is 2.13. The van der Waals surface area contributed by atoms with Crippen molar-refractivity contribution in [2.24, 2.45) is 23.2 Å². The highest BCUT2D eigenvalue weighted by atomic mass is 16.5. The van der Waals surface area contributed by atoms with Gasteiger partial charge >= 0.3 is 5.97 Å². The fraction of sp³-hybridized carbons (Fsp3) is 0.917. The van der Waals surface area contributed by atoms with Crippen LogP contribution in [-0.2, 0) is 9.53 Å². The van der Waals surface area contributed by atoms with Gasteiger partial charge < -0.3 is 4.74 Å². The highest BCUT2D eigenvalue weighted by molar-refractivity contribution is 5.66. The van der Waals surface area contributed by atoms with Gasteiger partial charge in [0.25, 0.3) is 0 Å².